The SMILES string of the molecule is CN=C(/C=C1/c2cccc(-c3cc(F)ccn3)c2CCN1C(C)=O)n1cnc(C2CC2)n1. The van der Waals surface area contributed by atoms with E-state index in [1.165, 1.54) is 18.3 Å². The second kappa shape index (κ2) is 8.11. The zero-order valence-electron chi connectivity index (χ0n) is 18.0. The topological polar surface area (TPSA) is 76.3 Å². The van der Waals surface area contributed by atoms with Crippen LogP contribution in [0.15, 0.2) is 53.9 Å². The number of allylic oxidation sites excluding steroid dienone is 1. The number of carbonyl (C=O) groups is 1. The number of halogens is 1. The van der Waals surface area contributed by atoms with Gasteiger partial charge in [0.25, 0.3) is 0 Å². The van der Waals surface area contributed by atoms with Crippen LogP contribution in [0.1, 0.15) is 42.6 Å². The molecule has 8 heteroatoms. The Balaban J connectivity index is 1.61. The van der Waals surface area contributed by atoms with Crippen LogP contribution in [0.5, 0.6) is 0 Å². The standard InChI is InChI=1S/C24H23FN6O/c1-15(32)30-11-9-18-19(21-12-17(25)8-10-27-21)4-3-5-20(18)22(30)13-23(26-2)31-14-28-24(29-31)16-6-7-16/h3-5,8,10,12-14,16H,6-7,9,11H2,1-2H3/b22-13-,26-23?. The smallest absolute Gasteiger partial charge is 0.223 e. The fourth-order valence-corrected chi connectivity index (χ4v) is 4.13. The van der Waals surface area contributed by atoms with E-state index < -0.39 is 0 Å². The molecule has 0 atom stereocenters. The molecule has 1 aliphatic heterocycles. The van der Waals surface area contributed by atoms with E-state index in [2.05, 4.69) is 20.1 Å². The predicted molar refractivity (Wildman–Crippen MR) is 119 cm³/mol. The molecule has 0 spiro atoms. The van der Waals surface area contributed by atoms with Crippen molar-refractivity contribution in [2.45, 2.75) is 32.1 Å². The van der Waals surface area contributed by atoms with Crippen molar-refractivity contribution in [1.82, 2.24) is 24.6 Å². The molecular formula is C24H23FN6O. The number of rotatable bonds is 3. The lowest BCUT2D eigenvalue weighted by Gasteiger charge is -2.32. The summed E-state index contributed by atoms with van der Waals surface area (Å²) in [5.41, 5.74) is 4.11. The molecule has 0 N–H and O–H groups in total. The quantitative estimate of drug-likeness (QED) is 0.469. The van der Waals surface area contributed by atoms with Crippen molar-refractivity contribution in [1.29, 1.82) is 0 Å². The molecule has 7 nitrogen and oxygen atoms in total. The number of hydrogen-bond donors (Lipinski definition) is 0. The lowest BCUT2D eigenvalue weighted by Crippen LogP contribution is -2.34. The maximum atomic E-state index is 13.9. The highest BCUT2D eigenvalue weighted by Gasteiger charge is 2.29. The van der Waals surface area contributed by atoms with Crippen molar-refractivity contribution < 1.29 is 9.18 Å². The molecule has 2 aromatic heterocycles. The van der Waals surface area contributed by atoms with Gasteiger partial charge in [0.2, 0.25) is 5.91 Å². The first-order valence-corrected chi connectivity index (χ1v) is 10.7. The van der Waals surface area contributed by atoms with Crippen LogP contribution < -0.4 is 0 Å². The number of fused-ring (bicyclic) bond motifs is 1. The molecule has 3 heterocycles. The van der Waals surface area contributed by atoms with E-state index in [0.29, 0.717) is 30.4 Å². The molecule has 3 aromatic rings. The van der Waals surface area contributed by atoms with Gasteiger partial charge in [-0.1, -0.05) is 18.2 Å². The van der Waals surface area contributed by atoms with Gasteiger partial charge in [-0.15, -0.1) is 5.10 Å². The summed E-state index contributed by atoms with van der Waals surface area (Å²) in [6.07, 6.45) is 7.89. The molecular weight excluding hydrogens is 407 g/mol. The molecule has 2 aliphatic rings. The summed E-state index contributed by atoms with van der Waals surface area (Å²) in [4.78, 5) is 27.4. The van der Waals surface area contributed by atoms with Crippen LogP contribution in [-0.4, -0.2) is 50.0 Å². The second-order valence-electron chi connectivity index (χ2n) is 8.04. The number of pyridine rings is 1. The summed E-state index contributed by atoms with van der Waals surface area (Å²) in [6.45, 7) is 2.07. The number of amides is 1. The van der Waals surface area contributed by atoms with Crippen LogP contribution in [0.4, 0.5) is 4.39 Å². The van der Waals surface area contributed by atoms with E-state index in [0.717, 1.165) is 41.1 Å². The molecule has 0 bridgehead atoms. The Morgan fingerprint density at radius 3 is 2.75 bits per heavy atom. The van der Waals surface area contributed by atoms with E-state index >= 15 is 0 Å². The highest BCUT2D eigenvalue weighted by molar-refractivity contribution is 6.03. The molecule has 1 amide bonds. The third kappa shape index (κ3) is 3.72. The number of benzene rings is 1. The van der Waals surface area contributed by atoms with Gasteiger partial charge >= 0.3 is 0 Å². The van der Waals surface area contributed by atoms with Gasteiger partial charge in [-0.3, -0.25) is 14.8 Å². The third-order valence-corrected chi connectivity index (χ3v) is 5.89. The molecule has 0 unspecified atom stereocenters. The summed E-state index contributed by atoms with van der Waals surface area (Å²) in [5.74, 6) is 1.48. The Morgan fingerprint density at radius 1 is 1.22 bits per heavy atom. The second-order valence-corrected chi connectivity index (χ2v) is 8.04. The normalized spacial score (nSPS) is 17.5. The highest BCUT2D eigenvalue weighted by Crippen LogP contribution is 2.38. The Labute approximate surface area is 185 Å². The average molecular weight is 430 g/mol. The monoisotopic (exact) mass is 430 g/mol. The summed E-state index contributed by atoms with van der Waals surface area (Å²) in [6, 6.07) is 8.59. The average Bonchev–Trinajstić information content (AvgIpc) is 3.53. The Morgan fingerprint density at radius 2 is 2.03 bits per heavy atom. The van der Waals surface area contributed by atoms with E-state index in [1.54, 1.807) is 29.9 Å². The van der Waals surface area contributed by atoms with Crippen molar-refractivity contribution in [3.8, 4) is 11.3 Å². The van der Waals surface area contributed by atoms with Crippen molar-refractivity contribution >= 4 is 17.4 Å². The van der Waals surface area contributed by atoms with Gasteiger partial charge in [-0.25, -0.2) is 14.1 Å². The third-order valence-electron chi connectivity index (χ3n) is 5.89. The number of nitrogens with zero attached hydrogens (tertiary/aromatic N) is 6. The Bertz CT molecular complexity index is 1260. The summed E-state index contributed by atoms with van der Waals surface area (Å²) in [7, 11) is 1.69. The molecule has 1 saturated carbocycles. The minimum absolute atomic E-state index is 0.0519. The lowest BCUT2D eigenvalue weighted by atomic mass is 9.90. The molecule has 162 valence electrons. The summed E-state index contributed by atoms with van der Waals surface area (Å²) in [5, 5.41) is 4.58. The van der Waals surface area contributed by atoms with Crippen LogP contribution in [-0.2, 0) is 11.2 Å². The van der Waals surface area contributed by atoms with Crippen LogP contribution in [0.2, 0.25) is 0 Å². The molecule has 0 radical (unpaired) electrons. The zero-order valence-corrected chi connectivity index (χ0v) is 18.0. The predicted octanol–water partition coefficient (Wildman–Crippen LogP) is 3.68. The van der Waals surface area contributed by atoms with Crippen molar-refractivity contribution in [2.75, 3.05) is 13.6 Å². The summed E-state index contributed by atoms with van der Waals surface area (Å²) < 4.78 is 15.5. The first-order chi connectivity index (χ1) is 15.5. The Kier molecular flexibility index (Phi) is 5.13. The van der Waals surface area contributed by atoms with Crippen molar-refractivity contribution in [3.05, 3.63) is 71.7 Å². The van der Waals surface area contributed by atoms with Crippen molar-refractivity contribution in [2.24, 2.45) is 4.99 Å². The lowest BCUT2D eigenvalue weighted by molar-refractivity contribution is -0.125. The largest absolute Gasteiger partial charge is 0.312 e. The van der Waals surface area contributed by atoms with E-state index in [4.69, 9.17) is 0 Å². The summed E-state index contributed by atoms with van der Waals surface area (Å²) >= 11 is 0. The molecule has 1 aliphatic carbocycles. The minimum Gasteiger partial charge on any atom is -0.312 e. The fraction of sp³-hybridized carbons (Fsp3) is 0.292. The molecule has 1 aromatic carbocycles. The molecule has 1 fully saturated rings. The maximum Gasteiger partial charge on any atom is 0.223 e. The highest BCUT2D eigenvalue weighted by atomic mass is 19.1. The number of aromatic nitrogens is 4. The maximum absolute atomic E-state index is 13.9. The van der Waals surface area contributed by atoms with Crippen LogP contribution in [0.25, 0.3) is 17.0 Å². The van der Waals surface area contributed by atoms with Gasteiger partial charge in [0.15, 0.2) is 11.7 Å². The first kappa shape index (κ1) is 20.2. The van der Waals surface area contributed by atoms with Crippen LogP contribution in [0, 0.1) is 5.82 Å². The van der Waals surface area contributed by atoms with Gasteiger partial charge in [-0.05, 0) is 30.9 Å². The van der Waals surface area contributed by atoms with Crippen LogP contribution >= 0.6 is 0 Å². The number of carbonyl (C=O) groups excluding carboxylic acids is 1. The number of aliphatic imine (C=N–C) groups is 1. The van der Waals surface area contributed by atoms with Crippen molar-refractivity contribution in [3.63, 3.8) is 0 Å². The van der Waals surface area contributed by atoms with Gasteiger partial charge in [-0.2, -0.15) is 0 Å². The minimum atomic E-state index is -0.331. The van der Waals surface area contributed by atoms with Gasteiger partial charge in [0.05, 0.1) is 11.4 Å². The van der Waals surface area contributed by atoms with Gasteiger partial charge in [0.1, 0.15) is 12.1 Å². The number of hydrogen-bond acceptors (Lipinski definition) is 5. The zero-order chi connectivity index (χ0) is 22.2. The van der Waals surface area contributed by atoms with Gasteiger partial charge in [0, 0.05) is 55.9 Å². The molecule has 5 rings (SSSR count). The molecule has 32 heavy (non-hydrogen) atoms. The van der Waals surface area contributed by atoms with Crippen LogP contribution in [0.3, 0.4) is 0 Å². The van der Waals surface area contributed by atoms with Gasteiger partial charge < -0.3 is 4.90 Å². The fourth-order valence-electron chi connectivity index (χ4n) is 4.13. The Hall–Kier alpha value is -3.68. The molecule has 0 saturated heterocycles. The van der Waals surface area contributed by atoms with E-state index in [-0.39, 0.29) is 11.7 Å². The van der Waals surface area contributed by atoms with E-state index in [1.807, 2.05) is 24.3 Å². The van der Waals surface area contributed by atoms with E-state index in [9.17, 15) is 9.18 Å². The first-order valence-electron chi connectivity index (χ1n) is 10.7.